The molecule has 0 aliphatic heterocycles. The summed E-state index contributed by atoms with van der Waals surface area (Å²) < 4.78 is 0. The van der Waals surface area contributed by atoms with Crippen molar-refractivity contribution in [3.05, 3.63) is 39.9 Å². The molecule has 0 saturated heterocycles. The number of carbonyl (C=O) groups is 2. The molecule has 2 rings (SSSR count). The van der Waals surface area contributed by atoms with Gasteiger partial charge in [0.2, 0.25) is 0 Å². The molecule has 92 valence electrons. The number of amides is 1. The van der Waals surface area contributed by atoms with Gasteiger partial charge in [0.1, 0.15) is 11.4 Å². The molecule has 0 aliphatic carbocycles. The monoisotopic (exact) mass is 249 g/mol. The first kappa shape index (κ1) is 11.5. The van der Waals surface area contributed by atoms with E-state index in [1.54, 1.807) is 0 Å². The molecule has 2 aromatic heterocycles. The fourth-order valence-corrected chi connectivity index (χ4v) is 1.15. The van der Waals surface area contributed by atoms with E-state index in [1.807, 2.05) is 0 Å². The van der Waals surface area contributed by atoms with Crippen LogP contribution in [0.2, 0.25) is 0 Å². The van der Waals surface area contributed by atoms with Crippen molar-refractivity contribution in [3.8, 4) is 0 Å². The number of nitrogens with zero attached hydrogens (tertiary/aromatic N) is 2. The maximum Gasteiger partial charge on any atom is 0.353 e. The fraction of sp³-hybridized carbons (Fsp3) is 0. The van der Waals surface area contributed by atoms with Crippen molar-refractivity contribution in [1.29, 1.82) is 0 Å². The highest BCUT2D eigenvalue weighted by Crippen LogP contribution is 2.06. The maximum absolute atomic E-state index is 11.6. The summed E-state index contributed by atoms with van der Waals surface area (Å²) in [5, 5.41) is 22.4. The zero-order valence-corrected chi connectivity index (χ0v) is 8.80. The van der Waals surface area contributed by atoms with Crippen LogP contribution < -0.4 is 10.9 Å². The number of hydrogen-bond donors (Lipinski definition) is 4. The average molecular weight is 249 g/mol. The molecule has 0 aliphatic rings. The summed E-state index contributed by atoms with van der Waals surface area (Å²) in [5.74, 6) is -1.76. The summed E-state index contributed by atoms with van der Waals surface area (Å²) in [4.78, 5) is 32.9. The first-order valence-electron chi connectivity index (χ1n) is 4.72. The lowest BCUT2D eigenvalue weighted by Gasteiger charge is -1.98. The van der Waals surface area contributed by atoms with Crippen LogP contribution in [0, 0.1) is 0 Å². The number of H-pyrrole nitrogens is 2. The number of aromatic carboxylic acids is 1. The predicted molar refractivity (Wildman–Crippen MR) is 58.4 cm³/mol. The van der Waals surface area contributed by atoms with E-state index in [9.17, 15) is 14.4 Å². The van der Waals surface area contributed by atoms with Crippen LogP contribution in [0.15, 0.2) is 23.0 Å². The fourth-order valence-electron chi connectivity index (χ4n) is 1.15. The number of aromatic nitrogens is 4. The number of nitrogens with one attached hydrogen (secondary N) is 3. The Labute approximate surface area is 98.9 Å². The van der Waals surface area contributed by atoms with Crippen molar-refractivity contribution in [1.82, 2.24) is 20.4 Å². The molecular formula is C9H7N5O4. The highest BCUT2D eigenvalue weighted by atomic mass is 16.4. The molecule has 0 fully saturated rings. The van der Waals surface area contributed by atoms with E-state index in [-0.39, 0.29) is 17.2 Å². The van der Waals surface area contributed by atoms with Crippen molar-refractivity contribution in [3.63, 3.8) is 0 Å². The quantitative estimate of drug-likeness (QED) is 0.574. The molecule has 0 bridgehead atoms. The predicted octanol–water partition coefficient (Wildman–Crippen LogP) is -0.557. The Hall–Kier alpha value is -2.97. The van der Waals surface area contributed by atoms with Gasteiger partial charge in [0, 0.05) is 12.1 Å². The first-order chi connectivity index (χ1) is 8.56. The normalized spacial score (nSPS) is 10.0. The van der Waals surface area contributed by atoms with Crippen LogP contribution >= 0.6 is 0 Å². The Kier molecular flexibility index (Phi) is 2.87. The Morgan fingerprint density at radius 1 is 1.22 bits per heavy atom. The number of rotatable bonds is 3. The van der Waals surface area contributed by atoms with E-state index in [4.69, 9.17) is 5.11 Å². The van der Waals surface area contributed by atoms with Crippen LogP contribution in [0.4, 0.5) is 5.82 Å². The summed E-state index contributed by atoms with van der Waals surface area (Å²) in [6.45, 7) is 0. The van der Waals surface area contributed by atoms with Gasteiger partial charge < -0.3 is 10.4 Å². The highest BCUT2D eigenvalue weighted by molar-refractivity contribution is 6.02. The van der Waals surface area contributed by atoms with E-state index in [0.29, 0.717) is 0 Å². The van der Waals surface area contributed by atoms with Gasteiger partial charge >= 0.3 is 5.97 Å². The molecule has 2 heterocycles. The van der Waals surface area contributed by atoms with Crippen molar-refractivity contribution < 1.29 is 14.7 Å². The van der Waals surface area contributed by atoms with E-state index in [0.717, 1.165) is 12.1 Å². The Morgan fingerprint density at radius 3 is 2.56 bits per heavy atom. The van der Waals surface area contributed by atoms with Crippen LogP contribution in [0.5, 0.6) is 0 Å². The topological polar surface area (TPSA) is 141 Å². The molecule has 0 aromatic carbocycles. The number of carboxylic acid groups (broad SMARTS) is 1. The number of anilines is 1. The Bertz CT molecular complexity index is 638. The smallest absolute Gasteiger partial charge is 0.353 e. The van der Waals surface area contributed by atoms with E-state index < -0.39 is 17.4 Å². The van der Waals surface area contributed by atoms with Crippen LogP contribution in [0.25, 0.3) is 0 Å². The van der Waals surface area contributed by atoms with Gasteiger partial charge in [-0.1, -0.05) is 0 Å². The Morgan fingerprint density at radius 2 is 2.00 bits per heavy atom. The van der Waals surface area contributed by atoms with Crippen LogP contribution in [0.1, 0.15) is 21.0 Å². The molecular weight excluding hydrogens is 242 g/mol. The number of carbonyl (C=O) groups excluding carboxylic acids is 1. The lowest BCUT2D eigenvalue weighted by atomic mass is 10.3. The molecule has 1 amide bonds. The zero-order chi connectivity index (χ0) is 13.1. The summed E-state index contributed by atoms with van der Waals surface area (Å²) in [7, 11) is 0. The first-order valence-corrected chi connectivity index (χ1v) is 4.72. The largest absolute Gasteiger partial charge is 0.477 e. The van der Waals surface area contributed by atoms with Gasteiger partial charge in [0.05, 0.1) is 0 Å². The second-order valence-electron chi connectivity index (χ2n) is 3.23. The lowest BCUT2D eigenvalue weighted by Crippen LogP contribution is -2.17. The van der Waals surface area contributed by atoms with Crippen molar-refractivity contribution in [2.45, 2.75) is 0 Å². The molecule has 0 radical (unpaired) electrons. The van der Waals surface area contributed by atoms with Gasteiger partial charge in [-0.15, -0.1) is 0 Å². The minimum absolute atomic E-state index is 0.0190. The second-order valence-corrected chi connectivity index (χ2v) is 3.23. The standard InChI is InChI=1S/C9H7N5O4/c15-7-2-1-4(11-14-7)8(16)10-6-3-5(9(17)18)12-13-6/h1-3H,(H,14,15)(H,17,18)(H2,10,12,13,16). The molecule has 0 unspecified atom stereocenters. The molecule has 0 spiro atoms. The lowest BCUT2D eigenvalue weighted by molar-refractivity contribution is 0.0690. The van der Waals surface area contributed by atoms with Gasteiger partial charge in [-0.3, -0.25) is 14.7 Å². The third kappa shape index (κ3) is 2.40. The third-order valence-corrected chi connectivity index (χ3v) is 1.96. The number of hydrogen-bond acceptors (Lipinski definition) is 5. The molecule has 0 saturated carbocycles. The van der Waals surface area contributed by atoms with Gasteiger partial charge in [0.25, 0.3) is 11.5 Å². The molecule has 0 atom stereocenters. The van der Waals surface area contributed by atoms with Gasteiger partial charge in [-0.05, 0) is 6.07 Å². The third-order valence-electron chi connectivity index (χ3n) is 1.96. The van der Waals surface area contributed by atoms with E-state index >= 15 is 0 Å². The molecule has 9 nitrogen and oxygen atoms in total. The minimum atomic E-state index is -1.19. The van der Waals surface area contributed by atoms with Crippen LogP contribution in [-0.4, -0.2) is 37.4 Å². The highest BCUT2D eigenvalue weighted by Gasteiger charge is 2.12. The second kappa shape index (κ2) is 4.49. The summed E-state index contributed by atoms with van der Waals surface area (Å²) in [6.07, 6.45) is 0. The number of carboxylic acids is 1. The molecule has 9 heteroatoms. The van der Waals surface area contributed by atoms with E-state index in [1.165, 1.54) is 6.07 Å². The van der Waals surface area contributed by atoms with Gasteiger partial charge in [0.15, 0.2) is 5.82 Å². The van der Waals surface area contributed by atoms with E-state index in [2.05, 4.69) is 25.7 Å². The zero-order valence-electron chi connectivity index (χ0n) is 8.80. The SMILES string of the molecule is O=C(Nc1cc(C(=O)O)[nH]n1)c1ccc(=O)[nH]n1. The van der Waals surface area contributed by atoms with Crippen LogP contribution in [0.3, 0.4) is 0 Å². The number of aromatic amines is 2. The average Bonchev–Trinajstić information content (AvgIpc) is 2.78. The maximum atomic E-state index is 11.6. The summed E-state index contributed by atoms with van der Waals surface area (Å²) in [5.41, 5.74) is -0.603. The minimum Gasteiger partial charge on any atom is -0.477 e. The van der Waals surface area contributed by atoms with Crippen LogP contribution in [-0.2, 0) is 0 Å². The van der Waals surface area contributed by atoms with Gasteiger partial charge in [-0.25, -0.2) is 9.89 Å². The van der Waals surface area contributed by atoms with Crippen molar-refractivity contribution in [2.24, 2.45) is 0 Å². The van der Waals surface area contributed by atoms with Crippen molar-refractivity contribution >= 4 is 17.7 Å². The summed E-state index contributed by atoms with van der Waals surface area (Å²) >= 11 is 0. The molecule has 18 heavy (non-hydrogen) atoms. The molecule has 4 N–H and O–H groups in total. The Balaban J connectivity index is 2.13. The molecule has 2 aromatic rings. The summed E-state index contributed by atoms with van der Waals surface area (Å²) in [6, 6.07) is 3.54. The van der Waals surface area contributed by atoms with Crippen molar-refractivity contribution in [2.75, 3.05) is 5.32 Å². The van der Waals surface area contributed by atoms with Gasteiger partial charge in [-0.2, -0.15) is 10.2 Å².